The first-order valence-corrected chi connectivity index (χ1v) is 11.9. The van der Waals surface area contributed by atoms with Gasteiger partial charge in [-0.25, -0.2) is 8.42 Å². The van der Waals surface area contributed by atoms with Crippen LogP contribution in [0.25, 0.3) is 0 Å². The summed E-state index contributed by atoms with van der Waals surface area (Å²) in [5.74, 6) is -1.23. The molecule has 9 heteroatoms. The van der Waals surface area contributed by atoms with Gasteiger partial charge in [0.1, 0.15) is 0 Å². The van der Waals surface area contributed by atoms with Gasteiger partial charge in [0.15, 0.2) is 0 Å². The number of hydrogen-bond acceptors (Lipinski definition) is 4. The van der Waals surface area contributed by atoms with Gasteiger partial charge in [-0.05, 0) is 49.2 Å². The number of nitrogens with zero attached hydrogens (tertiary/aromatic N) is 1. The van der Waals surface area contributed by atoms with E-state index in [4.69, 9.17) is 11.6 Å². The van der Waals surface area contributed by atoms with Crippen LogP contribution in [0.1, 0.15) is 37.4 Å². The number of benzene rings is 3. The third-order valence-electron chi connectivity index (χ3n) is 5.05. The summed E-state index contributed by atoms with van der Waals surface area (Å²) in [5.41, 5.74) is 7.56. The zero-order valence-electron chi connectivity index (χ0n) is 18.4. The average molecular weight is 486 g/mol. The Morgan fingerprint density at radius 1 is 0.879 bits per heavy atom. The van der Waals surface area contributed by atoms with Gasteiger partial charge in [-0.2, -0.15) is 4.31 Å². The molecule has 0 radical (unpaired) electrons. The number of halogens is 1. The second kappa shape index (κ2) is 10.2. The molecule has 2 N–H and O–H groups in total. The largest absolute Gasteiger partial charge is 0.271 e. The van der Waals surface area contributed by atoms with Gasteiger partial charge in [-0.1, -0.05) is 59.6 Å². The molecule has 0 aliphatic carbocycles. The smallest absolute Gasteiger partial charge is 0.267 e. The number of amides is 2. The van der Waals surface area contributed by atoms with Gasteiger partial charge in [0.2, 0.25) is 10.0 Å². The van der Waals surface area contributed by atoms with Crippen molar-refractivity contribution in [2.45, 2.75) is 25.3 Å². The number of aryl methyl sites for hydroxylation is 2. The molecule has 0 saturated heterocycles. The lowest BCUT2D eigenvalue weighted by Gasteiger charge is -2.18. The zero-order chi connectivity index (χ0) is 24.2. The van der Waals surface area contributed by atoms with Crippen molar-refractivity contribution in [1.82, 2.24) is 15.2 Å². The molecular formula is C24H24ClN3O4S. The van der Waals surface area contributed by atoms with E-state index in [1.54, 1.807) is 19.1 Å². The maximum atomic E-state index is 13.0. The van der Waals surface area contributed by atoms with Crippen molar-refractivity contribution in [1.29, 1.82) is 0 Å². The van der Waals surface area contributed by atoms with E-state index in [9.17, 15) is 18.0 Å². The van der Waals surface area contributed by atoms with E-state index in [0.717, 1.165) is 16.7 Å². The molecule has 3 aromatic rings. The van der Waals surface area contributed by atoms with E-state index in [2.05, 4.69) is 10.9 Å². The molecule has 0 atom stereocenters. The van der Waals surface area contributed by atoms with Gasteiger partial charge in [-0.3, -0.25) is 20.4 Å². The quantitative estimate of drug-likeness (QED) is 0.518. The van der Waals surface area contributed by atoms with E-state index in [-0.39, 0.29) is 22.0 Å². The van der Waals surface area contributed by atoms with Crippen LogP contribution < -0.4 is 10.9 Å². The van der Waals surface area contributed by atoms with Crippen LogP contribution in [0.5, 0.6) is 0 Å². The Labute approximate surface area is 198 Å². The molecule has 0 aliphatic heterocycles. The van der Waals surface area contributed by atoms with Crippen LogP contribution in [0, 0.1) is 13.8 Å². The van der Waals surface area contributed by atoms with Crippen molar-refractivity contribution >= 4 is 33.4 Å². The van der Waals surface area contributed by atoms with Crippen LogP contribution in [-0.4, -0.2) is 31.6 Å². The predicted octanol–water partition coefficient (Wildman–Crippen LogP) is 3.85. The lowest BCUT2D eigenvalue weighted by Crippen LogP contribution is -2.42. The van der Waals surface area contributed by atoms with Gasteiger partial charge in [0.05, 0.1) is 15.5 Å². The third-order valence-corrected chi connectivity index (χ3v) is 7.18. The van der Waals surface area contributed by atoms with Gasteiger partial charge < -0.3 is 0 Å². The van der Waals surface area contributed by atoms with Crippen LogP contribution in [0.15, 0.2) is 71.6 Å². The molecule has 172 valence electrons. The van der Waals surface area contributed by atoms with Gasteiger partial charge in [-0.15, -0.1) is 0 Å². The van der Waals surface area contributed by atoms with Crippen molar-refractivity contribution in [3.8, 4) is 0 Å². The SMILES string of the molecule is Cc1ccc(C(=O)NNC(=O)c2cc(S(=O)(=O)N(C)Cc3ccccc3)ccc2Cl)c(C)c1. The number of rotatable bonds is 6. The van der Waals surface area contributed by atoms with Crippen LogP contribution in [0.2, 0.25) is 5.02 Å². The molecule has 0 spiro atoms. The number of carbonyl (C=O) groups is 2. The first-order chi connectivity index (χ1) is 15.6. The molecule has 0 heterocycles. The van der Waals surface area contributed by atoms with E-state index in [1.807, 2.05) is 43.3 Å². The fourth-order valence-electron chi connectivity index (χ4n) is 3.26. The number of carbonyl (C=O) groups excluding carboxylic acids is 2. The normalized spacial score (nSPS) is 11.3. The molecule has 0 aliphatic rings. The second-order valence-electron chi connectivity index (χ2n) is 7.61. The number of nitrogens with one attached hydrogen (secondary N) is 2. The summed E-state index contributed by atoms with van der Waals surface area (Å²) < 4.78 is 27.2. The summed E-state index contributed by atoms with van der Waals surface area (Å²) in [7, 11) is -2.43. The minimum absolute atomic E-state index is 0.0536. The van der Waals surface area contributed by atoms with Crippen LogP contribution in [0.4, 0.5) is 0 Å². The maximum absolute atomic E-state index is 13.0. The highest BCUT2D eigenvalue weighted by Crippen LogP contribution is 2.23. The molecule has 0 unspecified atom stereocenters. The van der Waals surface area contributed by atoms with Crippen molar-refractivity contribution in [3.63, 3.8) is 0 Å². The monoisotopic (exact) mass is 485 g/mol. The molecule has 33 heavy (non-hydrogen) atoms. The highest BCUT2D eigenvalue weighted by Gasteiger charge is 2.24. The Morgan fingerprint density at radius 2 is 1.52 bits per heavy atom. The Kier molecular flexibility index (Phi) is 7.53. The third kappa shape index (κ3) is 5.78. The van der Waals surface area contributed by atoms with Crippen molar-refractivity contribution in [2.75, 3.05) is 7.05 Å². The molecule has 3 aromatic carbocycles. The van der Waals surface area contributed by atoms with Gasteiger partial charge >= 0.3 is 0 Å². The van der Waals surface area contributed by atoms with Crippen LogP contribution in [0.3, 0.4) is 0 Å². The molecule has 2 amide bonds. The predicted molar refractivity (Wildman–Crippen MR) is 127 cm³/mol. The van der Waals surface area contributed by atoms with E-state index in [1.165, 1.54) is 29.6 Å². The Balaban J connectivity index is 1.76. The first kappa shape index (κ1) is 24.4. The summed E-state index contributed by atoms with van der Waals surface area (Å²) >= 11 is 6.14. The Morgan fingerprint density at radius 3 is 2.15 bits per heavy atom. The summed E-state index contributed by atoms with van der Waals surface area (Å²) in [6, 6.07) is 18.3. The molecule has 0 fully saturated rings. The minimum atomic E-state index is -3.89. The summed E-state index contributed by atoms with van der Waals surface area (Å²) in [5, 5.41) is 0.0536. The van der Waals surface area contributed by atoms with E-state index >= 15 is 0 Å². The molecule has 0 bridgehead atoms. The fourth-order valence-corrected chi connectivity index (χ4v) is 4.65. The topological polar surface area (TPSA) is 95.6 Å². The molecule has 3 rings (SSSR count). The molecular weight excluding hydrogens is 462 g/mol. The van der Waals surface area contributed by atoms with E-state index in [0.29, 0.717) is 5.56 Å². The molecule has 7 nitrogen and oxygen atoms in total. The fraction of sp³-hybridized carbons (Fsp3) is 0.167. The zero-order valence-corrected chi connectivity index (χ0v) is 20.0. The molecule has 0 saturated carbocycles. The summed E-state index contributed by atoms with van der Waals surface area (Å²) in [6.07, 6.45) is 0. The molecule has 0 aromatic heterocycles. The maximum Gasteiger partial charge on any atom is 0.271 e. The summed E-state index contributed by atoms with van der Waals surface area (Å²) in [6.45, 7) is 3.87. The van der Waals surface area contributed by atoms with Crippen LogP contribution in [-0.2, 0) is 16.6 Å². The second-order valence-corrected chi connectivity index (χ2v) is 10.1. The van der Waals surface area contributed by atoms with E-state index < -0.39 is 21.8 Å². The lowest BCUT2D eigenvalue weighted by atomic mass is 10.1. The van der Waals surface area contributed by atoms with Gasteiger partial charge in [0, 0.05) is 19.2 Å². The van der Waals surface area contributed by atoms with Crippen LogP contribution >= 0.6 is 11.6 Å². The van der Waals surface area contributed by atoms with Crippen molar-refractivity contribution in [3.05, 3.63) is 99.6 Å². The average Bonchev–Trinajstić information content (AvgIpc) is 2.78. The minimum Gasteiger partial charge on any atom is -0.267 e. The number of hydrazine groups is 1. The van der Waals surface area contributed by atoms with Gasteiger partial charge in [0.25, 0.3) is 11.8 Å². The number of hydrogen-bond donors (Lipinski definition) is 2. The summed E-state index contributed by atoms with van der Waals surface area (Å²) in [4.78, 5) is 25.0. The van der Waals surface area contributed by atoms with Crippen molar-refractivity contribution < 1.29 is 18.0 Å². The lowest BCUT2D eigenvalue weighted by molar-refractivity contribution is 0.0846. The number of sulfonamides is 1. The standard InChI is InChI=1S/C24H24ClN3O4S/c1-16-9-11-20(17(2)13-16)23(29)26-27-24(30)21-14-19(10-12-22(21)25)33(31,32)28(3)15-18-7-5-4-6-8-18/h4-14H,15H2,1-3H3,(H,26,29)(H,27,30). The Hall–Kier alpha value is -3.20. The first-order valence-electron chi connectivity index (χ1n) is 10.1. The van der Waals surface area contributed by atoms with Crippen molar-refractivity contribution in [2.24, 2.45) is 0 Å². The Bertz CT molecular complexity index is 1290. The highest BCUT2D eigenvalue weighted by atomic mass is 35.5. The highest BCUT2D eigenvalue weighted by molar-refractivity contribution is 7.89.